The van der Waals surface area contributed by atoms with Crippen molar-refractivity contribution in [2.75, 3.05) is 0 Å². The third-order valence-electron chi connectivity index (χ3n) is 3.36. The first-order valence-electron chi connectivity index (χ1n) is 5.45. The van der Waals surface area contributed by atoms with Crippen molar-refractivity contribution in [3.8, 4) is 0 Å². The Kier molecular flexibility index (Phi) is 2.64. The highest BCUT2D eigenvalue weighted by molar-refractivity contribution is 5.93. The van der Waals surface area contributed by atoms with Crippen LogP contribution in [0.2, 0.25) is 0 Å². The van der Waals surface area contributed by atoms with Crippen LogP contribution in [0.4, 0.5) is 0 Å². The predicted octanol–water partition coefficient (Wildman–Crippen LogP) is 3.59. The van der Waals surface area contributed by atoms with Gasteiger partial charge in [-0.1, -0.05) is 39.3 Å². The summed E-state index contributed by atoms with van der Waals surface area (Å²) in [6.07, 6.45) is 3.16. The number of carbonyl (C=O) groups is 1. The molecule has 1 rings (SSSR count). The maximum Gasteiger partial charge on any atom is 0.148 e. The molecule has 0 amide bonds. The molecule has 0 radical (unpaired) electrons. The van der Waals surface area contributed by atoms with E-state index in [1.807, 2.05) is 13.8 Å². The van der Waals surface area contributed by atoms with Crippen molar-refractivity contribution in [3.05, 3.63) is 11.6 Å². The van der Waals surface area contributed by atoms with Crippen LogP contribution < -0.4 is 0 Å². The summed E-state index contributed by atoms with van der Waals surface area (Å²) in [4.78, 5) is 12.2. The minimum absolute atomic E-state index is 0.179. The zero-order valence-electron chi connectivity index (χ0n) is 10.3. The van der Waals surface area contributed by atoms with Crippen LogP contribution in [0, 0.1) is 16.7 Å². The SMILES string of the molecule is CC(C)C1=CCC(C)(C)C(=O)C1(C)C. The summed E-state index contributed by atoms with van der Waals surface area (Å²) in [6.45, 7) is 12.5. The Hall–Kier alpha value is -0.590. The van der Waals surface area contributed by atoms with Crippen LogP contribution >= 0.6 is 0 Å². The van der Waals surface area contributed by atoms with E-state index < -0.39 is 0 Å². The molecule has 14 heavy (non-hydrogen) atoms. The molecule has 0 aromatic carbocycles. The highest BCUT2D eigenvalue weighted by Crippen LogP contribution is 2.45. The minimum Gasteiger partial charge on any atom is -0.298 e. The van der Waals surface area contributed by atoms with Crippen molar-refractivity contribution in [1.82, 2.24) is 0 Å². The molecule has 0 aromatic rings. The molecule has 1 heteroatoms. The molecule has 0 fully saturated rings. The molecule has 0 aromatic heterocycles. The minimum atomic E-state index is -0.268. The molecule has 0 atom stereocenters. The number of allylic oxidation sites excluding steroid dienone is 2. The van der Waals surface area contributed by atoms with E-state index in [1.165, 1.54) is 5.57 Å². The molecule has 0 unspecified atom stereocenters. The smallest absolute Gasteiger partial charge is 0.148 e. The molecule has 1 nitrogen and oxygen atoms in total. The van der Waals surface area contributed by atoms with E-state index in [1.54, 1.807) is 0 Å². The molecule has 0 saturated heterocycles. The summed E-state index contributed by atoms with van der Waals surface area (Å²) in [5.41, 5.74) is 0.861. The van der Waals surface area contributed by atoms with E-state index in [4.69, 9.17) is 0 Å². The largest absolute Gasteiger partial charge is 0.298 e. The van der Waals surface area contributed by atoms with Crippen LogP contribution in [0.5, 0.6) is 0 Å². The van der Waals surface area contributed by atoms with Gasteiger partial charge in [-0.15, -0.1) is 0 Å². The van der Waals surface area contributed by atoms with Crippen LogP contribution in [0.3, 0.4) is 0 Å². The topological polar surface area (TPSA) is 17.1 Å². The van der Waals surface area contributed by atoms with E-state index >= 15 is 0 Å². The zero-order valence-corrected chi connectivity index (χ0v) is 10.3. The second kappa shape index (κ2) is 3.22. The monoisotopic (exact) mass is 194 g/mol. The van der Waals surface area contributed by atoms with Crippen molar-refractivity contribution >= 4 is 5.78 Å². The lowest BCUT2D eigenvalue weighted by Gasteiger charge is -2.40. The lowest BCUT2D eigenvalue weighted by atomic mass is 9.62. The average Bonchev–Trinajstić information content (AvgIpc) is 1.99. The second-order valence-electron chi connectivity index (χ2n) is 5.86. The fraction of sp³-hybridized carbons (Fsp3) is 0.769. The van der Waals surface area contributed by atoms with Gasteiger partial charge in [-0.3, -0.25) is 4.79 Å². The van der Waals surface area contributed by atoms with Crippen LogP contribution in [0.25, 0.3) is 0 Å². The normalized spacial score (nSPS) is 25.1. The molecule has 0 heterocycles. The van der Waals surface area contributed by atoms with Crippen molar-refractivity contribution in [3.63, 3.8) is 0 Å². The fourth-order valence-corrected chi connectivity index (χ4v) is 2.65. The highest BCUT2D eigenvalue weighted by Gasteiger charge is 2.44. The van der Waals surface area contributed by atoms with Crippen LogP contribution in [0.1, 0.15) is 48.0 Å². The summed E-state index contributed by atoms with van der Waals surface area (Å²) in [6, 6.07) is 0. The van der Waals surface area contributed by atoms with Crippen molar-refractivity contribution in [2.45, 2.75) is 48.0 Å². The van der Waals surface area contributed by atoms with Gasteiger partial charge in [0.25, 0.3) is 0 Å². The Balaban J connectivity index is 3.16. The molecule has 0 N–H and O–H groups in total. The van der Waals surface area contributed by atoms with Gasteiger partial charge < -0.3 is 0 Å². The quantitative estimate of drug-likeness (QED) is 0.583. The molecule has 1 aliphatic rings. The Labute approximate surface area is 87.6 Å². The summed E-state index contributed by atoms with van der Waals surface area (Å²) in [7, 11) is 0. The van der Waals surface area contributed by atoms with Gasteiger partial charge in [0.05, 0.1) is 0 Å². The van der Waals surface area contributed by atoms with E-state index in [0.29, 0.717) is 11.7 Å². The maximum absolute atomic E-state index is 12.2. The summed E-state index contributed by atoms with van der Waals surface area (Å²) >= 11 is 0. The third kappa shape index (κ3) is 1.65. The summed E-state index contributed by atoms with van der Waals surface area (Å²) < 4.78 is 0. The van der Waals surface area contributed by atoms with Gasteiger partial charge in [0.2, 0.25) is 0 Å². The molecular weight excluding hydrogens is 172 g/mol. The lowest BCUT2D eigenvalue weighted by Crippen LogP contribution is -2.42. The van der Waals surface area contributed by atoms with Gasteiger partial charge in [0.15, 0.2) is 0 Å². The number of rotatable bonds is 1. The van der Waals surface area contributed by atoms with Gasteiger partial charge in [-0.2, -0.15) is 0 Å². The summed E-state index contributed by atoms with van der Waals surface area (Å²) in [5.74, 6) is 0.862. The molecule has 0 saturated carbocycles. The van der Waals surface area contributed by atoms with Crippen molar-refractivity contribution < 1.29 is 4.79 Å². The van der Waals surface area contributed by atoms with Crippen LogP contribution in [-0.4, -0.2) is 5.78 Å². The van der Waals surface area contributed by atoms with Crippen molar-refractivity contribution in [1.29, 1.82) is 0 Å². The van der Waals surface area contributed by atoms with E-state index in [-0.39, 0.29) is 10.8 Å². The molecule has 0 bridgehead atoms. The Morgan fingerprint density at radius 3 is 2.14 bits per heavy atom. The first-order chi connectivity index (χ1) is 6.19. The van der Waals surface area contributed by atoms with Crippen molar-refractivity contribution in [2.24, 2.45) is 16.7 Å². The van der Waals surface area contributed by atoms with Gasteiger partial charge in [0, 0.05) is 10.8 Å². The van der Waals surface area contributed by atoms with Crippen LogP contribution in [0.15, 0.2) is 11.6 Å². The van der Waals surface area contributed by atoms with E-state index in [9.17, 15) is 4.79 Å². The second-order valence-corrected chi connectivity index (χ2v) is 5.86. The van der Waals surface area contributed by atoms with Gasteiger partial charge in [0.1, 0.15) is 5.78 Å². The molecule has 80 valence electrons. The Morgan fingerprint density at radius 1 is 1.21 bits per heavy atom. The number of hydrogen-bond acceptors (Lipinski definition) is 1. The summed E-state index contributed by atoms with van der Waals surface area (Å²) in [5, 5.41) is 0. The van der Waals surface area contributed by atoms with Crippen LogP contribution in [-0.2, 0) is 4.79 Å². The maximum atomic E-state index is 12.2. The number of ketones is 1. The zero-order chi connectivity index (χ0) is 11.1. The highest BCUT2D eigenvalue weighted by atomic mass is 16.1. The van der Waals surface area contributed by atoms with Gasteiger partial charge in [-0.25, -0.2) is 0 Å². The predicted molar refractivity (Wildman–Crippen MR) is 60.1 cm³/mol. The number of Topliss-reactive ketones (excluding diaryl/α,β-unsaturated/α-hetero) is 1. The average molecular weight is 194 g/mol. The van der Waals surface area contributed by atoms with E-state index in [0.717, 1.165) is 6.42 Å². The van der Waals surface area contributed by atoms with E-state index in [2.05, 4.69) is 33.8 Å². The molecule has 0 spiro atoms. The first-order valence-corrected chi connectivity index (χ1v) is 5.45. The Morgan fingerprint density at radius 2 is 1.71 bits per heavy atom. The van der Waals surface area contributed by atoms with Gasteiger partial charge >= 0.3 is 0 Å². The number of carbonyl (C=O) groups excluding carboxylic acids is 1. The molecule has 1 aliphatic carbocycles. The Bertz CT molecular complexity index is 280. The standard InChI is InChI=1S/C13H22O/c1-9(2)10-7-8-12(3,4)11(14)13(10,5)6/h7,9H,8H2,1-6H3. The fourth-order valence-electron chi connectivity index (χ4n) is 2.65. The first kappa shape index (κ1) is 11.5. The lowest BCUT2D eigenvalue weighted by molar-refractivity contribution is -0.135. The van der Waals surface area contributed by atoms with Gasteiger partial charge in [-0.05, 0) is 26.2 Å². The molecular formula is C13H22O. The molecule has 0 aliphatic heterocycles. The third-order valence-corrected chi connectivity index (χ3v) is 3.36. The number of hydrogen-bond donors (Lipinski definition) is 0.